The maximum atomic E-state index is 12.0. The molecule has 0 saturated carbocycles. The monoisotopic (exact) mass is 362 g/mol. The van der Waals surface area contributed by atoms with Gasteiger partial charge in [0.05, 0.1) is 0 Å². The molecule has 0 unspecified atom stereocenters. The number of rotatable bonds is 4. The van der Waals surface area contributed by atoms with Gasteiger partial charge in [0, 0.05) is 28.0 Å². The van der Waals surface area contributed by atoms with Crippen LogP contribution >= 0.6 is 11.3 Å². The number of carbonyl (C=O) groups excluding carboxylic acids is 1. The Labute approximate surface area is 153 Å². The third-order valence-electron chi connectivity index (χ3n) is 4.01. The van der Waals surface area contributed by atoms with Gasteiger partial charge in [0.25, 0.3) is 0 Å². The van der Waals surface area contributed by atoms with Crippen molar-refractivity contribution in [3.05, 3.63) is 86.9 Å². The Hall–Kier alpha value is -3.18. The highest BCUT2D eigenvalue weighted by atomic mass is 32.1. The quantitative estimate of drug-likeness (QED) is 0.227. The summed E-state index contributed by atoms with van der Waals surface area (Å²) in [5, 5.41) is 4.71. The molecule has 0 aliphatic heterocycles. The number of fused-ring (bicyclic) bond motifs is 3. The lowest BCUT2D eigenvalue weighted by Crippen LogP contribution is -2.06. The molecule has 26 heavy (non-hydrogen) atoms. The normalized spacial score (nSPS) is 11.4. The third kappa shape index (κ3) is 3.30. The van der Waals surface area contributed by atoms with Crippen LogP contribution in [0.2, 0.25) is 0 Å². The van der Waals surface area contributed by atoms with Crippen LogP contribution in [-0.2, 0) is 16.1 Å². The van der Waals surface area contributed by atoms with Gasteiger partial charge in [-0.3, -0.25) is 0 Å². The molecule has 2 aromatic carbocycles. The first-order valence-electron chi connectivity index (χ1n) is 8.03. The fraction of sp³-hybridized carbons (Fsp3) is 0.0476. The van der Waals surface area contributed by atoms with Gasteiger partial charge in [-0.25, -0.2) is 9.59 Å². The lowest BCUT2D eigenvalue weighted by molar-refractivity contribution is -0.138. The second kappa shape index (κ2) is 6.98. The molecule has 0 saturated heterocycles. The molecule has 5 heteroatoms. The van der Waals surface area contributed by atoms with Crippen LogP contribution in [0.3, 0.4) is 0 Å². The van der Waals surface area contributed by atoms with Gasteiger partial charge < -0.3 is 9.15 Å². The first-order valence-corrected chi connectivity index (χ1v) is 8.91. The highest BCUT2D eigenvalue weighted by molar-refractivity contribution is 7.10. The van der Waals surface area contributed by atoms with Crippen LogP contribution in [-0.4, -0.2) is 5.97 Å². The van der Waals surface area contributed by atoms with E-state index < -0.39 is 11.6 Å². The van der Waals surface area contributed by atoms with E-state index in [1.165, 1.54) is 23.5 Å². The number of esters is 1. The van der Waals surface area contributed by atoms with E-state index in [1.807, 2.05) is 47.8 Å². The molecule has 4 aromatic rings. The number of thiophene rings is 1. The maximum Gasteiger partial charge on any atom is 0.336 e. The first-order chi connectivity index (χ1) is 12.7. The predicted molar refractivity (Wildman–Crippen MR) is 103 cm³/mol. The molecule has 0 N–H and O–H groups in total. The van der Waals surface area contributed by atoms with Crippen molar-refractivity contribution in [2.75, 3.05) is 0 Å². The summed E-state index contributed by atoms with van der Waals surface area (Å²) in [7, 11) is 0. The average molecular weight is 362 g/mol. The predicted octanol–water partition coefficient (Wildman–Crippen LogP) is 4.76. The zero-order valence-electron chi connectivity index (χ0n) is 13.7. The molecule has 0 bridgehead atoms. The van der Waals surface area contributed by atoms with Crippen molar-refractivity contribution in [3.63, 3.8) is 0 Å². The Bertz CT molecular complexity index is 1170. The van der Waals surface area contributed by atoms with E-state index in [9.17, 15) is 9.59 Å². The standard InChI is InChI=1S/C21H14O4S/c22-19(10-8-16-5-3-11-26-16)24-13-15-12-20(23)25-18-9-7-14-4-1-2-6-17(14)21(15)18/h1-12H,13H2/b10-8+. The van der Waals surface area contributed by atoms with E-state index in [-0.39, 0.29) is 6.61 Å². The highest BCUT2D eigenvalue weighted by Crippen LogP contribution is 2.27. The molecule has 2 heterocycles. The third-order valence-corrected chi connectivity index (χ3v) is 4.85. The zero-order valence-corrected chi connectivity index (χ0v) is 14.5. The zero-order chi connectivity index (χ0) is 17.9. The summed E-state index contributed by atoms with van der Waals surface area (Å²) in [4.78, 5) is 24.8. The van der Waals surface area contributed by atoms with Crippen molar-refractivity contribution in [1.29, 1.82) is 0 Å². The van der Waals surface area contributed by atoms with E-state index >= 15 is 0 Å². The van der Waals surface area contributed by atoms with E-state index in [0.717, 1.165) is 21.0 Å². The minimum absolute atomic E-state index is 0.00369. The highest BCUT2D eigenvalue weighted by Gasteiger charge is 2.11. The summed E-state index contributed by atoms with van der Waals surface area (Å²) in [6.45, 7) is 0.00369. The summed E-state index contributed by atoms with van der Waals surface area (Å²) >= 11 is 1.54. The number of benzene rings is 2. The van der Waals surface area contributed by atoms with Crippen molar-refractivity contribution in [2.24, 2.45) is 0 Å². The van der Waals surface area contributed by atoms with Crippen LogP contribution in [0.25, 0.3) is 27.8 Å². The lowest BCUT2D eigenvalue weighted by atomic mass is 10.0. The van der Waals surface area contributed by atoms with Crippen molar-refractivity contribution < 1.29 is 13.9 Å². The van der Waals surface area contributed by atoms with Gasteiger partial charge in [0.2, 0.25) is 0 Å². The van der Waals surface area contributed by atoms with Gasteiger partial charge >= 0.3 is 11.6 Å². The van der Waals surface area contributed by atoms with Crippen LogP contribution in [0, 0.1) is 0 Å². The molecule has 4 nitrogen and oxygen atoms in total. The Morgan fingerprint density at radius 2 is 2.00 bits per heavy atom. The first kappa shape index (κ1) is 16.3. The summed E-state index contributed by atoms with van der Waals surface area (Å²) in [6, 6.07) is 16.7. The Kier molecular flexibility index (Phi) is 4.37. The molecule has 0 amide bonds. The number of hydrogen-bond acceptors (Lipinski definition) is 5. The Morgan fingerprint density at radius 3 is 2.85 bits per heavy atom. The minimum atomic E-state index is -0.465. The van der Waals surface area contributed by atoms with Gasteiger partial charge in [-0.2, -0.15) is 0 Å². The van der Waals surface area contributed by atoms with Crippen LogP contribution in [0.1, 0.15) is 10.4 Å². The van der Waals surface area contributed by atoms with E-state index in [1.54, 1.807) is 12.1 Å². The van der Waals surface area contributed by atoms with Crippen molar-refractivity contribution in [3.8, 4) is 0 Å². The van der Waals surface area contributed by atoms with Crippen LogP contribution in [0.15, 0.2) is 75.3 Å². The lowest BCUT2D eigenvalue weighted by Gasteiger charge is -2.08. The molecular weight excluding hydrogens is 348 g/mol. The number of hydrogen-bond donors (Lipinski definition) is 0. The number of ether oxygens (including phenoxy) is 1. The topological polar surface area (TPSA) is 56.5 Å². The Morgan fingerprint density at radius 1 is 1.12 bits per heavy atom. The van der Waals surface area contributed by atoms with E-state index in [4.69, 9.17) is 9.15 Å². The molecule has 2 aromatic heterocycles. The number of carbonyl (C=O) groups is 1. The Balaban J connectivity index is 1.66. The van der Waals surface area contributed by atoms with Crippen molar-refractivity contribution in [1.82, 2.24) is 0 Å². The van der Waals surface area contributed by atoms with Gasteiger partial charge in [-0.05, 0) is 34.4 Å². The summed E-state index contributed by atoms with van der Waals surface area (Å²) in [5.41, 5.74) is 0.648. The molecule has 0 fully saturated rings. The molecule has 0 aliphatic rings. The molecule has 4 rings (SSSR count). The van der Waals surface area contributed by atoms with Gasteiger partial charge in [0.1, 0.15) is 12.2 Å². The second-order valence-corrected chi connectivity index (χ2v) is 6.69. The van der Waals surface area contributed by atoms with Crippen LogP contribution in [0.4, 0.5) is 0 Å². The molecule has 0 spiro atoms. The summed E-state index contributed by atoms with van der Waals surface area (Å²) < 4.78 is 10.6. The largest absolute Gasteiger partial charge is 0.458 e. The van der Waals surface area contributed by atoms with Crippen LogP contribution in [0.5, 0.6) is 0 Å². The smallest absolute Gasteiger partial charge is 0.336 e. The van der Waals surface area contributed by atoms with Crippen molar-refractivity contribution >= 4 is 45.1 Å². The van der Waals surface area contributed by atoms with Gasteiger partial charge in [-0.15, -0.1) is 11.3 Å². The molecule has 0 radical (unpaired) electrons. The van der Waals surface area contributed by atoms with E-state index in [2.05, 4.69) is 0 Å². The molecule has 0 aliphatic carbocycles. The molecular formula is C21H14O4S. The van der Waals surface area contributed by atoms with Gasteiger partial charge in [0.15, 0.2) is 0 Å². The molecule has 128 valence electrons. The minimum Gasteiger partial charge on any atom is -0.458 e. The van der Waals surface area contributed by atoms with Gasteiger partial charge in [-0.1, -0.05) is 36.4 Å². The summed E-state index contributed by atoms with van der Waals surface area (Å²) in [5.74, 6) is -0.458. The summed E-state index contributed by atoms with van der Waals surface area (Å²) in [6.07, 6.45) is 3.09. The maximum absolute atomic E-state index is 12.0. The fourth-order valence-corrected chi connectivity index (χ4v) is 3.49. The average Bonchev–Trinajstić information content (AvgIpc) is 3.17. The van der Waals surface area contributed by atoms with Crippen LogP contribution < -0.4 is 5.63 Å². The van der Waals surface area contributed by atoms with Crippen molar-refractivity contribution in [2.45, 2.75) is 6.61 Å². The SMILES string of the molecule is O=C(/C=C/c1cccs1)OCc1cc(=O)oc2ccc3ccccc3c12. The fourth-order valence-electron chi connectivity index (χ4n) is 2.87. The van der Waals surface area contributed by atoms with E-state index in [0.29, 0.717) is 11.1 Å². The second-order valence-electron chi connectivity index (χ2n) is 5.71. The molecule has 0 atom stereocenters.